The fraction of sp³-hybridized carbons (Fsp3) is 0.471. The number of rotatable bonds is 17. The maximum atomic E-state index is 13.7. The largest absolute Gasteiger partial charge is 0.361 e. The van der Waals surface area contributed by atoms with Crippen molar-refractivity contribution in [2.24, 2.45) is 11.5 Å². The molecule has 16 nitrogen and oxygen atoms in total. The number of anilines is 2. The third kappa shape index (κ3) is 14.9. The number of fused-ring (bicyclic) bond motifs is 2. The Bertz CT molecular complexity index is 2910. The third-order valence-corrected chi connectivity index (χ3v) is 17.0. The van der Waals surface area contributed by atoms with Crippen molar-refractivity contribution >= 4 is 79.3 Å². The standard InChI is InChI=1S/C26H35ClN6O3Si.C25H34ClN5O2Si/c1-37(2,3)13-12-36-16-33-23-17(14-21(24(33)34)20-6-4-5-7-22(20)27)15-29-26(32-23)31-19-10-8-18(9-11-19)30-25(28)35;1-34(2,3)13-12-33-16-31-23-17(14-21(24(31)32)20-6-4-5-7-22(20)26)15-28-25(30-23)29-19-10-8-18(27)9-11-19/h4-7,14-15,18-19H,8-13,16H2,1-3H3,(H3,28,30,35)(H,29,31,32);4-7,14-15,18-19H,8-13,16,27H2,1-3H3,(H,28,29,30). The minimum absolute atomic E-state index is 0.0924. The number of ether oxygens (including phenoxy) is 2. The van der Waals surface area contributed by atoms with E-state index in [9.17, 15) is 14.4 Å². The van der Waals surface area contributed by atoms with Crippen LogP contribution >= 0.6 is 23.2 Å². The number of halogens is 2. The van der Waals surface area contributed by atoms with Crippen LogP contribution < -0.4 is 38.5 Å². The van der Waals surface area contributed by atoms with Gasteiger partial charge in [-0.3, -0.25) is 18.7 Å². The van der Waals surface area contributed by atoms with Crippen LogP contribution in [0.15, 0.2) is 82.6 Å². The summed E-state index contributed by atoms with van der Waals surface area (Å²) in [5, 5.41) is 12.1. The Balaban J connectivity index is 0.000000209. The van der Waals surface area contributed by atoms with Gasteiger partial charge in [0.05, 0.1) is 0 Å². The number of aromatic nitrogens is 6. The summed E-state index contributed by atoms with van der Waals surface area (Å²) in [6, 6.07) is 20.6. The summed E-state index contributed by atoms with van der Waals surface area (Å²) in [4.78, 5) is 56.9. The molecular formula is C51H69Cl2N11O5Si2. The van der Waals surface area contributed by atoms with Gasteiger partial charge in [0.25, 0.3) is 11.1 Å². The SMILES string of the molecule is C[Si](C)(C)CCOCn1c(=O)c(-c2ccccc2Cl)cc2cnc(NC3CCC(N)CC3)nc21.C[Si](C)(C)CCOCn1c(=O)c(-c2ccccc2Cl)cc2cnc(NC3CCC(NC(N)=O)CC3)nc21. The smallest absolute Gasteiger partial charge is 0.312 e. The van der Waals surface area contributed by atoms with Gasteiger partial charge in [-0.25, -0.2) is 14.8 Å². The lowest BCUT2D eigenvalue weighted by Gasteiger charge is -2.29. The molecule has 2 fully saturated rings. The lowest BCUT2D eigenvalue weighted by Crippen LogP contribution is -2.42. The van der Waals surface area contributed by atoms with E-state index in [0.29, 0.717) is 68.7 Å². The maximum Gasteiger partial charge on any atom is 0.312 e. The van der Waals surface area contributed by atoms with Crippen molar-refractivity contribution in [3.8, 4) is 22.3 Å². The van der Waals surface area contributed by atoms with Gasteiger partial charge < -0.3 is 36.9 Å². The van der Waals surface area contributed by atoms with Crippen LogP contribution in [0.25, 0.3) is 44.3 Å². The molecule has 20 heteroatoms. The summed E-state index contributed by atoms with van der Waals surface area (Å²) < 4.78 is 15.1. The zero-order valence-electron chi connectivity index (χ0n) is 41.8. The van der Waals surface area contributed by atoms with Gasteiger partial charge in [-0.2, -0.15) is 9.97 Å². The van der Waals surface area contributed by atoms with Gasteiger partial charge in [0, 0.05) is 109 Å². The number of hydrogen-bond acceptors (Lipinski definition) is 12. The first-order chi connectivity index (χ1) is 33.8. The van der Waals surface area contributed by atoms with Gasteiger partial charge in [0.1, 0.15) is 24.8 Å². The second-order valence-corrected chi connectivity index (χ2v) is 33.2. The molecular weight excluding hydrogens is 974 g/mol. The fourth-order valence-corrected chi connectivity index (χ4v) is 10.7. The van der Waals surface area contributed by atoms with Gasteiger partial charge in [-0.05, 0) is 87.7 Å². The number of carbonyl (C=O) groups is 1. The highest BCUT2D eigenvalue weighted by molar-refractivity contribution is 6.76. The third-order valence-electron chi connectivity index (χ3n) is 12.9. The first-order valence-electron chi connectivity index (χ1n) is 24.6. The highest BCUT2D eigenvalue weighted by Crippen LogP contribution is 2.30. The fourth-order valence-electron chi connectivity index (χ4n) is 8.72. The van der Waals surface area contributed by atoms with Crippen LogP contribution in [0, 0.1) is 0 Å². The molecule has 4 heterocycles. The Hall–Kier alpha value is -5.22. The molecule has 2 saturated carbocycles. The lowest BCUT2D eigenvalue weighted by atomic mass is 9.91. The first kappa shape index (κ1) is 53.6. The Kier molecular flexibility index (Phi) is 18.1. The molecule has 0 radical (unpaired) electrons. The molecule has 380 valence electrons. The monoisotopic (exact) mass is 1040 g/mol. The second kappa shape index (κ2) is 24.0. The number of primary amides is 1. The van der Waals surface area contributed by atoms with Crippen molar-refractivity contribution in [3.63, 3.8) is 0 Å². The highest BCUT2D eigenvalue weighted by atomic mass is 35.5. The molecule has 2 aliphatic rings. The van der Waals surface area contributed by atoms with Gasteiger partial charge in [0.2, 0.25) is 11.9 Å². The maximum absolute atomic E-state index is 13.7. The number of nitrogens with two attached hydrogens (primary N) is 2. The first-order valence-corrected chi connectivity index (χ1v) is 32.8. The van der Waals surface area contributed by atoms with E-state index in [1.165, 1.54) is 0 Å². The number of urea groups is 1. The van der Waals surface area contributed by atoms with Gasteiger partial charge in [-0.15, -0.1) is 0 Å². The van der Waals surface area contributed by atoms with Crippen molar-refractivity contribution in [1.82, 2.24) is 34.4 Å². The molecule has 0 spiro atoms. The Morgan fingerprint density at radius 3 is 1.42 bits per heavy atom. The number of pyridine rings is 2. The van der Waals surface area contributed by atoms with E-state index in [1.54, 1.807) is 39.7 Å². The molecule has 2 aromatic carbocycles. The number of nitrogens with zero attached hydrogens (tertiary/aromatic N) is 6. The topological polar surface area (TPSA) is 219 Å². The predicted molar refractivity (Wildman–Crippen MR) is 293 cm³/mol. The zero-order chi connectivity index (χ0) is 50.9. The minimum atomic E-state index is -1.28. The molecule has 0 bridgehead atoms. The quantitative estimate of drug-likeness (QED) is 0.0426. The summed E-state index contributed by atoms with van der Waals surface area (Å²) in [6.45, 7) is 15.2. The normalized spacial score (nSPS) is 18.4. The number of carbonyl (C=O) groups excluding carboxylic acids is 1. The number of nitrogens with one attached hydrogen (secondary N) is 3. The van der Waals surface area contributed by atoms with Crippen molar-refractivity contribution in [2.75, 3.05) is 23.8 Å². The van der Waals surface area contributed by atoms with Crippen LogP contribution in [0.5, 0.6) is 0 Å². The molecule has 0 atom stereocenters. The number of amides is 2. The van der Waals surface area contributed by atoms with Crippen LogP contribution in [0.4, 0.5) is 16.7 Å². The van der Waals surface area contributed by atoms with Crippen molar-refractivity contribution in [1.29, 1.82) is 0 Å². The van der Waals surface area contributed by atoms with E-state index >= 15 is 0 Å². The Morgan fingerprint density at radius 1 is 0.634 bits per heavy atom. The van der Waals surface area contributed by atoms with E-state index in [1.807, 2.05) is 42.5 Å². The average Bonchev–Trinajstić information content (AvgIpc) is 3.31. The van der Waals surface area contributed by atoms with Crippen LogP contribution in [0.1, 0.15) is 51.4 Å². The van der Waals surface area contributed by atoms with Crippen LogP contribution in [-0.2, 0) is 22.9 Å². The Labute approximate surface area is 427 Å². The second-order valence-electron chi connectivity index (χ2n) is 21.1. The summed E-state index contributed by atoms with van der Waals surface area (Å²) in [6.07, 6.45) is 10.8. The molecule has 6 aromatic rings. The van der Waals surface area contributed by atoms with E-state index in [2.05, 4.69) is 65.2 Å². The zero-order valence-corrected chi connectivity index (χ0v) is 45.3. The van der Waals surface area contributed by atoms with Gasteiger partial charge in [-0.1, -0.05) is 98.9 Å². The van der Waals surface area contributed by atoms with E-state index in [0.717, 1.165) is 74.2 Å². The van der Waals surface area contributed by atoms with E-state index < -0.39 is 22.2 Å². The molecule has 4 aromatic heterocycles. The summed E-state index contributed by atoms with van der Waals surface area (Å²) in [5.41, 5.74) is 14.3. The Morgan fingerprint density at radius 2 is 1.03 bits per heavy atom. The van der Waals surface area contributed by atoms with Crippen molar-refractivity contribution in [2.45, 2.75) is 140 Å². The summed E-state index contributed by atoms with van der Waals surface area (Å²) in [5.74, 6) is 0.980. The van der Waals surface area contributed by atoms with E-state index in [-0.39, 0.29) is 48.7 Å². The molecule has 7 N–H and O–H groups in total. The average molecular weight is 1040 g/mol. The lowest BCUT2D eigenvalue weighted by molar-refractivity contribution is 0.0875. The van der Waals surface area contributed by atoms with E-state index in [4.69, 9.17) is 54.1 Å². The molecule has 2 aliphatic carbocycles. The van der Waals surface area contributed by atoms with Crippen LogP contribution in [-0.4, -0.2) is 88.6 Å². The molecule has 8 rings (SSSR count). The van der Waals surface area contributed by atoms with Crippen LogP contribution in [0.2, 0.25) is 61.4 Å². The summed E-state index contributed by atoms with van der Waals surface area (Å²) in [7, 11) is -2.52. The summed E-state index contributed by atoms with van der Waals surface area (Å²) >= 11 is 12.9. The molecule has 0 aliphatic heterocycles. The van der Waals surface area contributed by atoms with Crippen molar-refractivity contribution in [3.05, 3.63) is 104 Å². The predicted octanol–water partition coefficient (Wildman–Crippen LogP) is 9.92. The van der Waals surface area contributed by atoms with Crippen molar-refractivity contribution < 1.29 is 14.3 Å². The van der Waals surface area contributed by atoms with Gasteiger partial charge in [0.15, 0.2) is 0 Å². The number of benzene rings is 2. The van der Waals surface area contributed by atoms with Gasteiger partial charge >= 0.3 is 6.03 Å². The number of hydrogen-bond donors (Lipinski definition) is 5. The van der Waals surface area contributed by atoms with Crippen LogP contribution in [0.3, 0.4) is 0 Å². The molecule has 0 unspecified atom stereocenters. The minimum Gasteiger partial charge on any atom is -0.361 e. The highest BCUT2D eigenvalue weighted by Gasteiger charge is 2.24. The molecule has 0 saturated heterocycles. The molecule has 71 heavy (non-hydrogen) atoms. The molecule has 2 amide bonds.